The van der Waals surface area contributed by atoms with Crippen molar-refractivity contribution < 1.29 is 33.0 Å². The highest BCUT2D eigenvalue weighted by Gasteiger charge is 2.13. The minimum absolute atomic E-state index is 0. The summed E-state index contributed by atoms with van der Waals surface area (Å²) >= 11 is 3.56. The van der Waals surface area contributed by atoms with Crippen molar-refractivity contribution in [1.29, 1.82) is 0 Å². The second kappa shape index (κ2) is 7.55. The van der Waals surface area contributed by atoms with Crippen molar-refractivity contribution in [3.05, 3.63) is 46.7 Å². The smallest absolute Gasteiger partial charge is 0.233 e. The molecule has 116 valence electrons. The van der Waals surface area contributed by atoms with Crippen molar-refractivity contribution >= 4 is 27.0 Å². The summed E-state index contributed by atoms with van der Waals surface area (Å²) in [4.78, 5) is 4.63. The van der Waals surface area contributed by atoms with Crippen LogP contribution in [0.2, 0.25) is 0 Å². The van der Waals surface area contributed by atoms with Crippen LogP contribution in [0.4, 0.5) is 0 Å². The lowest BCUT2D eigenvalue weighted by Crippen LogP contribution is -3.00. The second-order valence-electron chi connectivity index (χ2n) is 5.16. The molecular weight excluding hydrogens is 455 g/mol. The number of oxazole rings is 1. The molecule has 0 radical (unpaired) electrons. The van der Waals surface area contributed by atoms with Crippen molar-refractivity contribution in [3.63, 3.8) is 0 Å². The lowest BCUT2D eigenvalue weighted by molar-refractivity contribution is -0.697. The van der Waals surface area contributed by atoms with E-state index in [1.54, 1.807) is 0 Å². The molecule has 1 aromatic carbocycles. The predicted molar refractivity (Wildman–Crippen MR) is 87.0 cm³/mol. The van der Waals surface area contributed by atoms with Gasteiger partial charge in [-0.2, -0.15) is 0 Å². The van der Waals surface area contributed by atoms with Crippen molar-refractivity contribution in [3.8, 4) is 11.5 Å². The molecule has 3 rings (SSSR count). The van der Waals surface area contributed by atoms with Gasteiger partial charge in [0.15, 0.2) is 18.0 Å². The number of halogens is 2. The standard InChI is InChI=1S/C17H18BrN2O.HI/c1-3-7-20-10-13(9-14(18)11-20)17-19-15-8-12(4-2)5-6-16(15)21-17;/h5-6,8-11H,3-4,7H2,1-2H3;1H/q+1;/p-1. The van der Waals surface area contributed by atoms with Gasteiger partial charge in [-0.1, -0.05) is 19.9 Å². The van der Waals surface area contributed by atoms with Crippen LogP contribution in [0.25, 0.3) is 22.6 Å². The molecule has 0 N–H and O–H groups in total. The third-order valence-corrected chi connectivity index (χ3v) is 3.91. The van der Waals surface area contributed by atoms with Crippen molar-refractivity contribution in [1.82, 2.24) is 4.98 Å². The molecule has 0 unspecified atom stereocenters. The molecule has 3 aromatic rings. The van der Waals surface area contributed by atoms with Crippen molar-refractivity contribution in [2.45, 2.75) is 33.2 Å². The zero-order valence-electron chi connectivity index (χ0n) is 12.6. The molecule has 0 aliphatic carbocycles. The van der Waals surface area contributed by atoms with E-state index >= 15 is 0 Å². The fourth-order valence-corrected chi connectivity index (χ4v) is 2.93. The highest BCUT2D eigenvalue weighted by atomic mass is 127. The summed E-state index contributed by atoms with van der Waals surface area (Å²) < 4.78 is 9.09. The van der Waals surface area contributed by atoms with Crippen LogP contribution in [0.3, 0.4) is 0 Å². The Morgan fingerprint density at radius 2 is 2.00 bits per heavy atom. The molecular formula is C17H18BrIN2O. The number of benzene rings is 1. The number of pyridine rings is 1. The topological polar surface area (TPSA) is 29.9 Å². The molecule has 0 fully saturated rings. The van der Waals surface area contributed by atoms with Gasteiger partial charge in [-0.3, -0.25) is 0 Å². The zero-order valence-corrected chi connectivity index (χ0v) is 16.4. The normalized spacial score (nSPS) is 10.7. The Morgan fingerprint density at radius 3 is 2.73 bits per heavy atom. The van der Waals surface area contributed by atoms with E-state index in [4.69, 9.17) is 4.42 Å². The SMILES string of the molecule is CCC[n+]1cc(Br)cc(-c2nc3cc(CC)ccc3o2)c1.[I-]. The van der Waals surface area contributed by atoms with Gasteiger partial charge in [0.2, 0.25) is 5.89 Å². The number of hydrogen-bond acceptors (Lipinski definition) is 2. The van der Waals surface area contributed by atoms with Crippen LogP contribution in [0, 0.1) is 0 Å². The van der Waals surface area contributed by atoms with E-state index in [-0.39, 0.29) is 24.0 Å². The molecule has 5 heteroatoms. The van der Waals surface area contributed by atoms with Crippen molar-refractivity contribution in [2.24, 2.45) is 0 Å². The highest BCUT2D eigenvalue weighted by molar-refractivity contribution is 9.10. The van der Waals surface area contributed by atoms with Gasteiger partial charge in [0.25, 0.3) is 0 Å². The molecule has 0 aliphatic heterocycles. The molecule has 0 amide bonds. The van der Waals surface area contributed by atoms with Gasteiger partial charge >= 0.3 is 0 Å². The fraction of sp³-hybridized carbons (Fsp3) is 0.294. The molecule has 0 bridgehead atoms. The maximum absolute atomic E-state index is 5.90. The van der Waals surface area contributed by atoms with Gasteiger partial charge in [-0.05, 0) is 46.1 Å². The third kappa shape index (κ3) is 3.68. The highest BCUT2D eigenvalue weighted by Crippen LogP contribution is 2.26. The van der Waals surface area contributed by atoms with Gasteiger partial charge in [-0.25, -0.2) is 9.55 Å². The maximum Gasteiger partial charge on any atom is 0.233 e. The van der Waals surface area contributed by atoms with Crippen LogP contribution >= 0.6 is 15.9 Å². The van der Waals surface area contributed by atoms with Crippen LogP contribution in [0.5, 0.6) is 0 Å². The van der Waals surface area contributed by atoms with E-state index in [0.29, 0.717) is 5.89 Å². The molecule has 22 heavy (non-hydrogen) atoms. The van der Waals surface area contributed by atoms with Crippen LogP contribution in [0.1, 0.15) is 25.8 Å². The van der Waals surface area contributed by atoms with E-state index in [0.717, 1.165) is 40.5 Å². The molecule has 0 aliphatic rings. The van der Waals surface area contributed by atoms with Gasteiger partial charge in [0.05, 0.1) is 4.47 Å². The number of fused-ring (bicyclic) bond motifs is 1. The summed E-state index contributed by atoms with van der Waals surface area (Å²) in [6, 6.07) is 8.23. The number of aryl methyl sites for hydroxylation is 2. The summed E-state index contributed by atoms with van der Waals surface area (Å²) in [5, 5.41) is 0. The number of nitrogens with zero attached hydrogens (tertiary/aromatic N) is 2. The summed E-state index contributed by atoms with van der Waals surface area (Å²) in [6.45, 7) is 5.29. The van der Waals surface area contributed by atoms with Gasteiger partial charge in [0, 0.05) is 6.42 Å². The lowest BCUT2D eigenvalue weighted by Gasteiger charge is -1.98. The first-order valence-electron chi connectivity index (χ1n) is 7.29. The third-order valence-electron chi connectivity index (χ3n) is 3.48. The number of aromatic nitrogens is 2. The fourth-order valence-electron chi connectivity index (χ4n) is 2.42. The summed E-state index contributed by atoms with van der Waals surface area (Å²) in [5.41, 5.74) is 4.03. The predicted octanol–water partition coefficient (Wildman–Crippen LogP) is 1.52. The Morgan fingerprint density at radius 1 is 1.18 bits per heavy atom. The van der Waals surface area contributed by atoms with Crippen molar-refractivity contribution in [2.75, 3.05) is 0 Å². The minimum atomic E-state index is 0. The van der Waals surface area contributed by atoms with Crippen LogP contribution < -0.4 is 28.5 Å². The number of hydrogen-bond donors (Lipinski definition) is 0. The molecule has 2 aromatic heterocycles. The molecule has 2 heterocycles. The molecule has 0 saturated heterocycles. The Balaban J connectivity index is 0.00000176. The Bertz CT molecular complexity index is 785. The molecule has 0 atom stereocenters. The van der Waals surface area contributed by atoms with E-state index in [1.165, 1.54) is 5.56 Å². The number of rotatable bonds is 4. The Hall–Kier alpha value is -0.950. The quantitative estimate of drug-likeness (QED) is 0.425. The first-order chi connectivity index (χ1) is 10.2. The Kier molecular flexibility index (Phi) is 5.97. The summed E-state index contributed by atoms with van der Waals surface area (Å²) in [7, 11) is 0. The second-order valence-corrected chi connectivity index (χ2v) is 6.07. The first kappa shape index (κ1) is 17.4. The van der Waals surface area contributed by atoms with E-state index in [1.807, 2.05) is 12.1 Å². The monoisotopic (exact) mass is 472 g/mol. The molecule has 3 nitrogen and oxygen atoms in total. The van der Waals surface area contributed by atoms with E-state index in [9.17, 15) is 0 Å². The maximum atomic E-state index is 5.90. The zero-order chi connectivity index (χ0) is 14.8. The average Bonchev–Trinajstić information content (AvgIpc) is 2.89. The van der Waals surface area contributed by atoms with Gasteiger partial charge < -0.3 is 28.4 Å². The van der Waals surface area contributed by atoms with Crippen LogP contribution in [-0.2, 0) is 13.0 Å². The lowest BCUT2D eigenvalue weighted by atomic mass is 10.1. The van der Waals surface area contributed by atoms with Gasteiger partial charge in [0.1, 0.15) is 17.6 Å². The first-order valence-corrected chi connectivity index (χ1v) is 8.08. The van der Waals surface area contributed by atoms with E-state index in [2.05, 4.69) is 63.9 Å². The largest absolute Gasteiger partial charge is 1.00 e. The van der Waals surface area contributed by atoms with Crippen LogP contribution in [-0.4, -0.2) is 4.98 Å². The minimum Gasteiger partial charge on any atom is -1.00 e. The van der Waals surface area contributed by atoms with Gasteiger partial charge in [-0.15, -0.1) is 0 Å². The van der Waals surface area contributed by atoms with Crippen LogP contribution in [0.15, 0.2) is 45.5 Å². The van der Waals surface area contributed by atoms with E-state index < -0.39 is 0 Å². The summed E-state index contributed by atoms with van der Waals surface area (Å²) in [6.07, 6.45) is 6.25. The summed E-state index contributed by atoms with van der Waals surface area (Å²) in [5.74, 6) is 0.671. The molecule has 0 spiro atoms. The molecule has 0 saturated carbocycles. The Labute approximate surface area is 155 Å². The average molecular weight is 473 g/mol.